The molecule has 30 heavy (non-hydrogen) atoms. The number of hydrogen-bond acceptors (Lipinski definition) is 7. The largest absolute Gasteiger partial charge is 0.464 e. The molecular weight excluding hydrogens is 390 g/mol. The summed E-state index contributed by atoms with van der Waals surface area (Å²) in [7, 11) is 0. The molecule has 2 N–H and O–H groups in total. The van der Waals surface area contributed by atoms with Crippen LogP contribution < -0.4 is 5.32 Å². The van der Waals surface area contributed by atoms with E-state index in [9.17, 15) is 14.4 Å². The molecule has 1 fully saturated rings. The van der Waals surface area contributed by atoms with Crippen LogP contribution >= 0.6 is 0 Å². The highest BCUT2D eigenvalue weighted by atomic mass is 16.6. The fourth-order valence-corrected chi connectivity index (χ4v) is 3.17. The number of carbonyl (C=O) groups is 3. The van der Waals surface area contributed by atoms with E-state index in [1.54, 1.807) is 49.9 Å². The van der Waals surface area contributed by atoms with Crippen LogP contribution in [0.4, 0.5) is 0 Å². The molecule has 0 aromatic heterocycles. The Morgan fingerprint density at radius 2 is 1.80 bits per heavy atom. The van der Waals surface area contributed by atoms with E-state index in [2.05, 4.69) is 10.5 Å². The van der Waals surface area contributed by atoms with E-state index >= 15 is 0 Å². The number of benzene rings is 1. The van der Waals surface area contributed by atoms with E-state index in [4.69, 9.17) is 14.7 Å². The molecule has 2 rings (SSSR count). The quantitative estimate of drug-likeness (QED) is 0.286. The molecule has 1 atom stereocenters. The van der Waals surface area contributed by atoms with Crippen molar-refractivity contribution in [2.75, 3.05) is 26.3 Å². The lowest BCUT2D eigenvalue weighted by atomic mass is 10.1. The minimum Gasteiger partial charge on any atom is -0.464 e. The Kier molecular flexibility index (Phi) is 8.79. The average Bonchev–Trinajstić information content (AvgIpc) is 2.77. The smallest absolute Gasteiger partial charge is 0.332 e. The van der Waals surface area contributed by atoms with E-state index in [1.165, 1.54) is 0 Å². The average molecular weight is 419 g/mol. The number of piperidine rings is 1. The minimum absolute atomic E-state index is 0.0820. The first-order valence-corrected chi connectivity index (χ1v) is 10.0. The summed E-state index contributed by atoms with van der Waals surface area (Å²) >= 11 is 0. The van der Waals surface area contributed by atoms with Crippen molar-refractivity contribution < 1.29 is 29.1 Å². The van der Waals surface area contributed by atoms with Crippen LogP contribution in [-0.4, -0.2) is 72.1 Å². The van der Waals surface area contributed by atoms with E-state index in [1.807, 2.05) is 0 Å². The first kappa shape index (κ1) is 23.3. The summed E-state index contributed by atoms with van der Waals surface area (Å²) in [5.74, 6) is -0.903. The van der Waals surface area contributed by atoms with Gasteiger partial charge >= 0.3 is 5.97 Å². The van der Waals surface area contributed by atoms with Gasteiger partial charge in [0.05, 0.1) is 18.4 Å². The molecule has 9 heteroatoms. The van der Waals surface area contributed by atoms with E-state index in [-0.39, 0.29) is 30.5 Å². The molecular formula is C21H29N3O6. The number of rotatable bonds is 8. The molecule has 2 amide bonds. The maximum Gasteiger partial charge on any atom is 0.332 e. The molecule has 1 saturated heterocycles. The molecule has 1 aliphatic rings. The van der Waals surface area contributed by atoms with Gasteiger partial charge in [-0.05, 0) is 51.3 Å². The molecule has 1 heterocycles. The molecule has 1 aromatic carbocycles. The summed E-state index contributed by atoms with van der Waals surface area (Å²) in [6.45, 7) is 6.29. The number of nitrogens with zero attached hydrogens (tertiary/aromatic N) is 2. The van der Waals surface area contributed by atoms with Gasteiger partial charge in [-0.25, -0.2) is 4.79 Å². The number of hydrogen-bond donors (Lipinski definition) is 2. The second-order valence-electron chi connectivity index (χ2n) is 7.10. The van der Waals surface area contributed by atoms with Crippen LogP contribution in [0.5, 0.6) is 0 Å². The number of oxime groups is 1. The van der Waals surface area contributed by atoms with E-state index < -0.39 is 6.04 Å². The highest BCUT2D eigenvalue weighted by Gasteiger charge is 2.27. The molecule has 164 valence electrons. The first-order valence-electron chi connectivity index (χ1n) is 10.0. The maximum atomic E-state index is 12.7. The zero-order chi connectivity index (χ0) is 22.1. The van der Waals surface area contributed by atoms with Crippen molar-refractivity contribution in [3.8, 4) is 0 Å². The van der Waals surface area contributed by atoms with Crippen molar-refractivity contribution in [3.05, 3.63) is 35.4 Å². The highest BCUT2D eigenvalue weighted by Crippen LogP contribution is 2.15. The van der Waals surface area contributed by atoms with Crippen LogP contribution in [0.2, 0.25) is 0 Å². The second-order valence-corrected chi connectivity index (χ2v) is 7.10. The number of amides is 2. The van der Waals surface area contributed by atoms with E-state index in [0.717, 1.165) is 0 Å². The standard InChI is InChI=1S/C21H29N3O6/c1-4-29-19(25)13-30-18-9-11-24(12-10-18)21(27)15(3)22-20(26)17-7-5-16(6-8-17)14(2)23-28/h5-8,15,18,28H,4,9-13H2,1-3H3,(H,22,26)/b23-14-. The molecule has 1 unspecified atom stereocenters. The molecule has 0 radical (unpaired) electrons. The maximum absolute atomic E-state index is 12.7. The number of ether oxygens (including phenoxy) is 2. The fraction of sp³-hybridized carbons (Fsp3) is 0.524. The van der Waals surface area contributed by atoms with Crippen molar-refractivity contribution in [2.45, 2.75) is 45.8 Å². The van der Waals surface area contributed by atoms with Gasteiger partial charge < -0.3 is 24.9 Å². The zero-order valence-electron chi connectivity index (χ0n) is 17.6. The van der Waals surface area contributed by atoms with Crippen LogP contribution in [0, 0.1) is 0 Å². The number of carbonyl (C=O) groups excluding carboxylic acids is 3. The van der Waals surface area contributed by atoms with Gasteiger partial charge in [0, 0.05) is 18.7 Å². The van der Waals surface area contributed by atoms with Gasteiger partial charge in [0.1, 0.15) is 12.6 Å². The summed E-state index contributed by atoms with van der Waals surface area (Å²) in [5.41, 5.74) is 1.56. The lowest BCUT2D eigenvalue weighted by molar-refractivity contribution is -0.152. The summed E-state index contributed by atoms with van der Waals surface area (Å²) in [5, 5.41) is 14.6. The molecule has 0 bridgehead atoms. The van der Waals surface area contributed by atoms with Gasteiger partial charge in [-0.3, -0.25) is 9.59 Å². The highest BCUT2D eigenvalue weighted by molar-refractivity contribution is 6.01. The summed E-state index contributed by atoms with van der Waals surface area (Å²) in [6, 6.07) is 5.91. The van der Waals surface area contributed by atoms with Crippen LogP contribution in [-0.2, 0) is 19.1 Å². The molecule has 0 aliphatic carbocycles. The third kappa shape index (κ3) is 6.55. The predicted molar refractivity (Wildman–Crippen MR) is 110 cm³/mol. The Bertz CT molecular complexity index is 769. The second kappa shape index (κ2) is 11.3. The van der Waals surface area contributed by atoms with Crippen molar-refractivity contribution in [1.82, 2.24) is 10.2 Å². The fourth-order valence-electron chi connectivity index (χ4n) is 3.17. The normalized spacial score (nSPS) is 16.1. The predicted octanol–water partition coefficient (Wildman–Crippen LogP) is 1.57. The van der Waals surface area contributed by atoms with Gasteiger partial charge in [0.15, 0.2) is 0 Å². The van der Waals surface area contributed by atoms with Gasteiger partial charge in [0.2, 0.25) is 5.91 Å². The minimum atomic E-state index is -0.671. The van der Waals surface area contributed by atoms with Crippen molar-refractivity contribution in [3.63, 3.8) is 0 Å². The monoisotopic (exact) mass is 419 g/mol. The molecule has 9 nitrogen and oxygen atoms in total. The molecule has 0 spiro atoms. The Morgan fingerprint density at radius 3 is 2.37 bits per heavy atom. The van der Waals surface area contributed by atoms with Crippen LogP contribution in [0.3, 0.4) is 0 Å². The first-order chi connectivity index (χ1) is 14.3. The van der Waals surface area contributed by atoms with Crippen LogP contribution in [0.25, 0.3) is 0 Å². The molecule has 1 aromatic rings. The van der Waals surface area contributed by atoms with Crippen molar-refractivity contribution in [1.29, 1.82) is 0 Å². The Labute approximate surface area is 176 Å². The van der Waals surface area contributed by atoms with Crippen LogP contribution in [0.15, 0.2) is 29.4 Å². The third-order valence-corrected chi connectivity index (χ3v) is 4.93. The number of likely N-dealkylation sites (tertiary alicyclic amines) is 1. The summed E-state index contributed by atoms with van der Waals surface area (Å²) in [4.78, 5) is 38.1. The Morgan fingerprint density at radius 1 is 1.20 bits per heavy atom. The van der Waals surface area contributed by atoms with Crippen molar-refractivity contribution >= 4 is 23.5 Å². The Balaban J connectivity index is 1.80. The van der Waals surface area contributed by atoms with Crippen LogP contribution in [0.1, 0.15) is 49.5 Å². The summed E-state index contributed by atoms with van der Waals surface area (Å²) < 4.78 is 10.4. The van der Waals surface area contributed by atoms with Gasteiger partial charge in [0.25, 0.3) is 5.91 Å². The SMILES string of the molecule is CCOC(=O)COC1CCN(C(=O)C(C)NC(=O)c2ccc(/C(C)=N\O)cc2)CC1. The molecule has 0 saturated carbocycles. The lowest BCUT2D eigenvalue weighted by Gasteiger charge is -2.33. The lowest BCUT2D eigenvalue weighted by Crippen LogP contribution is -2.50. The van der Waals surface area contributed by atoms with Gasteiger partial charge in [-0.2, -0.15) is 0 Å². The Hall–Kier alpha value is -2.94. The van der Waals surface area contributed by atoms with E-state index in [0.29, 0.717) is 49.4 Å². The van der Waals surface area contributed by atoms with Crippen molar-refractivity contribution in [2.24, 2.45) is 5.16 Å². The summed E-state index contributed by atoms with van der Waals surface area (Å²) in [6.07, 6.45) is 1.16. The zero-order valence-corrected chi connectivity index (χ0v) is 17.6. The number of nitrogens with one attached hydrogen (secondary N) is 1. The number of esters is 1. The molecule has 1 aliphatic heterocycles. The van der Waals surface area contributed by atoms with Gasteiger partial charge in [-0.15, -0.1) is 0 Å². The van der Waals surface area contributed by atoms with Gasteiger partial charge in [-0.1, -0.05) is 17.3 Å². The topological polar surface area (TPSA) is 118 Å². The third-order valence-electron chi connectivity index (χ3n) is 4.93.